The Morgan fingerprint density at radius 3 is 2.33 bits per heavy atom. The van der Waals surface area contributed by atoms with Gasteiger partial charge in [0.15, 0.2) is 0 Å². The first-order valence-electron chi connectivity index (χ1n) is 8.19. The van der Waals surface area contributed by atoms with E-state index in [1.165, 1.54) is 6.07 Å². The van der Waals surface area contributed by atoms with Gasteiger partial charge in [0.25, 0.3) is 0 Å². The van der Waals surface area contributed by atoms with Gasteiger partial charge in [-0.3, -0.25) is 0 Å². The summed E-state index contributed by atoms with van der Waals surface area (Å²) >= 11 is 1.34. The van der Waals surface area contributed by atoms with Crippen LogP contribution in [-0.4, -0.2) is 21.9 Å². The summed E-state index contributed by atoms with van der Waals surface area (Å²) in [7, 11) is 0. The van der Waals surface area contributed by atoms with E-state index in [1.54, 1.807) is 0 Å². The molecule has 0 aliphatic rings. The SMILES string of the molecule is NC(CO)c1nnc(-c2ccc(OCc3ccc(C(F)(F)F)s3)c(C(F)(F)F)c2)s1. The summed E-state index contributed by atoms with van der Waals surface area (Å²) in [6, 6.07) is 4.43. The van der Waals surface area contributed by atoms with Crippen molar-refractivity contribution < 1.29 is 36.2 Å². The molecule has 3 rings (SSSR count). The predicted molar refractivity (Wildman–Crippen MR) is 98.0 cm³/mol. The number of nitrogens with two attached hydrogens (primary N) is 1. The summed E-state index contributed by atoms with van der Waals surface area (Å²) in [5.74, 6) is -0.523. The molecule has 162 valence electrons. The first kappa shape index (κ1) is 22.5. The molecule has 3 N–H and O–H groups in total. The second kappa shape index (κ2) is 8.49. The summed E-state index contributed by atoms with van der Waals surface area (Å²) in [5, 5.41) is 17.0. The van der Waals surface area contributed by atoms with Crippen LogP contribution in [0.2, 0.25) is 0 Å². The highest BCUT2D eigenvalue weighted by Crippen LogP contribution is 2.40. The van der Waals surface area contributed by atoms with E-state index in [2.05, 4.69) is 10.2 Å². The minimum absolute atomic E-state index is 0.110. The topological polar surface area (TPSA) is 81.3 Å². The zero-order valence-electron chi connectivity index (χ0n) is 14.8. The standard InChI is InChI=1S/C17H13F6N3O2S2/c18-16(19,20)10-5-8(14-25-26-15(30-14)11(24)6-27)1-3-12(10)28-7-9-2-4-13(29-9)17(21,22)23/h1-5,11,27H,6-7,24H2. The number of aliphatic hydroxyl groups excluding tert-OH is 1. The molecule has 13 heteroatoms. The maximum atomic E-state index is 13.5. The Hall–Kier alpha value is -2.22. The van der Waals surface area contributed by atoms with Crippen molar-refractivity contribution in [3.63, 3.8) is 0 Å². The molecule has 3 aromatic rings. The van der Waals surface area contributed by atoms with Gasteiger partial charge in [0.05, 0.1) is 18.2 Å². The highest BCUT2D eigenvalue weighted by Gasteiger charge is 2.35. The van der Waals surface area contributed by atoms with Crippen molar-refractivity contribution in [2.75, 3.05) is 6.61 Å². The van der Waals surface area contributed by atoms with Gasteiger partial charge in [-0.15, -0.1) is 21.5 Å². The van der Waals surface area contributed by atoms with E-state index >= 15 is 0 Å². The third-order valence-electron chi connectivity index (χ3n) is 3.80. The van der Waals surface area contributed by atoms with E-state index in [0.29, 0.717) is 11.3 Å². The van der Waals surface area contributed by atoms with Crippen LogP contribution in [0.3, 0.4) is 0 Å². The lowest BCUT2D eigenvalue weighted by atomic mass is 10.1. The second-order valence-electron chi connectivity index (χ2n) is 6.00. The molecule has 30 heavy (non-hydrogen) atoms. The normalized spacial score (nSPS) is 13.5. The van der Waals surface area contributed by atoms with E-state index in [0.717, 1.165) is 35.6 Å². The van der Waals surface area contributed by atoms with E-state index in [-0.39, 0.29) is 20.5 Å². The number of hydrogen-bond acceptors (Lipinski definition) is 7. The van der Waals surface area contributed by atoms with Crippen LogP contribution in [0.5, 0.6) is 5.75 Å². The number of rotatable bonds is 6. The van der Waals surface area contributed by atoms with Crippen LogP contribution >= 0.6 is 22.7 Å². The van der Waals surface area contributed by atoms with E-state index < -0.39 is 47.8 Å². The van der Waals surface area contributed by atoms with Crippen LogP contribution in [0.15, 0.2) is 30.3 Å². The molecule has 1 unspecified atom stereocenters. The van der Waals surface area contributed by atoms with Crippen molar-refractivity contribution >= 4 is 22.7 Å². The van der Waals surface area contributed by atoms with Gasteiger partial charge in [0, 0.05) is 10.4 Å². The number of aromatic nitrogens is 2. The predicted octanol–water partition coefficient (Wildman–Crippen LogP) is 4.88. The van der Waals surface area contributed by atoms with Crippen LogP contribution in [-0.2, 0) is 19.0 Å². The molecule has 0 aliphatic carbocycles. The van der Waals surface area contributed by atoms with E-state index in [4.69, 9.17) is 15.6 Å². The lowest BCUT2D eigenvalue weighted by Gasteiger charge is -2.14. The molecule has 0 amide bonds. The van der Waals surface area contributed by atoms with Crippen molar-refractivity contribution in [1.29, 1.82) is 0 Å². The molecular formula is C17H13F6N3O2S2. The highest BCUT2D eigenvalue weighted by molar-refractivity contribution is 7.14. The number of benzene rings is 1. The zero-order chi connectivity index (χ0) is 22.1. The molecule has 0 radical (unpaired) electrons. The monoisotopic (exact) mass is 469 g/mol. The first-order chi connectivity index (χ1) is 14.0. The Balaban J connectivity index is 1.85. The molecule has 1 atom stereocenters. The summed E-state index contributed by atoms with van der Waals surface area (Å²) < 4.78 is 83.6. The van der Waals surface area contributed by atoms with Gasteiger partial charge in [-0.1, -0.05) is 11.3 Å². The Morgan fingerprint density at radius 1 is 1.00 bits per heavy atom. The van der Waals surface area contributed by atoms with Gasteiger partial charge >= 0.3 is 12.4 Å². The zero-order valence-corrected chi connectivity index (χ0v) is 16.4. The summed E-state index contributed by atoms with van der Waals surface area (Å²) in [6.07, 6.45) is -9.30. The molecule has 0 bridgehead atoms. The molecule has 0 saturated heterocycles. The number of nitrogens with zero attached hydrogens (tertiary/aromatic N) is 2. The average molecular weight is 469 g/mol. The third-order valence-corrected chi connectivity index (χ3v) is 6.01. The second-order valence-corrected chi connectivity index (χ2v) is 8.17. The molecule has 0 saturated carbocycles. The molecule has 5 nitrogen and oxygen atoms in total. The first-order valence-corrected chi connectivity index (χ1v) is 9.82. The Labute approximate surface area is 173 Å². The number of thiophene rings is 1. The lowest BCUT2D eigenvalue weighted by molar-refractivity contribution is -0.139. The molecule has 1 aromatic carbocycles. The third kappa shape index (κ3) is 5.09. The van der Waals surface area contributed by atoms with Crippen molar-refractivity contribution in [3.05, 3.63) is 50.7 Å². The van der Waals surface area contributed by atoms with Gasteiger partial charge in [0.2, 0.25) is 0 Å². The summed E-state index contributed by atoms with van der Waals surface area (Å²) in [6.45, 7) is -0.842. The summed E-state index contributed by atoms with van der Waals surface area (Å²) in [4.78, 5) is -0.730. The van der Waals surface area contributed by atoms with Gasteiger partial charge < -0.3 is 15.6 Å². The molecule has 0 fully saturated rings. The molecular weight excluding hydrogens is 456 g/mol. The lowest BCUT2D eigenvalue weighted by Crippen LogP contribution is -2.13. The highest BCUT2D eigenvalue weighted by atomic mass is 32.1. The maximum absolute atomic E-state index is 13.5. The summed E-state index contributed by atoms with van der Waals surface area (Å²) in [5.41, 5.74) is 4.63. The average Bonchev–Trinajstić information content (AvgIpc) is 3.34. The van der Waals surface area contributed by atoms with E-state index in [1.807, 2.05) is 0 Å². The van der Waals surface area contributed by atoms with Gasteiger partial charge in [-0.25, -0.2) is 0 Å². The fourth-order valence-corrected chi connectivity index (χ4v) is 3.97. The van der Waals surface area contributed by atoms with Gasteiger partial charge in [-0.05, 0) is 30.3 Å². The number of halogens is 6. The number of hydrogen-bond donors (Lipinski definition) is 2. The van der Waals surface area contributed by atoms with Crippen LogP contribution < -0.4 is 10.5 Å². The number of ether oxygens (including phenoxy) is 1. The molecule has 0 aliphatic heterocycles. The fourth-order valence-electron chi connectivity index (χ4n) is 2.35. The van der Waals surface area contributed by atoms with Crippen LogP contribution in [0.25, 0.3) is 10.6 Å². The molecule has 2 aromatic heterocycles. The van der Waals surface area contributed by atoms with Gasteiger partial charge in [-0.2, -0.15) is 26.3 Å². The van der Waals surface area contributed by atoms with Crippen LogP contribution in [0.1, 0.15) is 26.4 Å². The van der Waals surface area contributed by atoms with Crippen LogP contribution in [0, 0.1) is 0 Å². The van der Waals surface area contributed by atoms with Crippen LogP contribution in [0.4, 0.5) is 26.3 Å². The Morgan fingerprint density at radius 2 is 1.73 bits per heavy atom. The largest absolute Gasteiger partial charge is 0.487 e. The quantitative estimate of drug-likeness (QED) is 0.504. The minimum Gasteiger partial charge on any atom is -0.487 e. The van der Waals surface area contributed by atoms with Crippen molar-refractivity contribution in [3.8, 4) is 16.3 Å². The van der Waals surface area contributed by atoms with Crippen molar-refractivity contribution in [1.82, 2.24) is 10.2 Å². The maximum Gasteiger partial charge on any atom is 0.425 e. The van der Waals surface area contributed by atoms with E-state index in [9.17, 15) is 26.3 Å². The van der Waals surface area contributed by atoms with Crippen molar-refractivity contribution in [2.24, 2.45) is 5.73 Å². The Bertz CT molecular complexity index is 1020. The Kier molecular flexibility index (Phi) is 6.36. The van der Waals surface area contributed by atoms with Gasteiger partial charge in [0.1, 0.15) is 27.2 Å². The number of alkyl halides is 6. The smallest absolute Gasteiger partial charge is 0.425 e. The molecule has 0 spiro atoms. The minimum atomic E-state index is -4.77. The fraction of sp³-hybridized carbons (Fsp3) is 0.294. The number of aliphatic hydroxyl groups is 1. The molecule has 2 heterocycles. The van der Waals surface area contributed by atoms with Crippen molar-refractivity contribution in [2.45, 2.75) is 25.0 Å².